The first kappa shape index (κ1) is 22.8. The first-order valence-corrected chi connectivity index (χ1v) is 12.0. The van der Waals surface area contributed by atoms with Crippen LogP contribution in [0, 0.1) is 17.7 Å². The summed E-state index contributed by atoms with van der Waals surface area (Å²) < 4.78 is 21.5. The summed E-state index contributed by atoms with van der Waals surface area (Å²) in [5.74, 6) is 0.339. The standard InChI is InChI=1S/C27H34FNO3/c1-2-19-8-12-23(13-9-19)32-24-14-10-20(11-15-24)25-7-3-5-21(26(25)28)17-29-16-4-6-22(18-29)27(30)31/h3,5,7,10-11,14-15,19,22-23H,2,4,6,8-9,12-13,16-18H2,1H3,(H,30,31). The van der Waals surface area contributed by atoms with Gasteiger partial charge in [-0.15, -0.1) is 0 Å². The molecule has 1 atom stereocenters. The molecular weight excluding hydrogens is 405 g/mol. The lowest BCUT2D eigenvalue weighted by Crippen LogP contribution is -2.38. The molecule has 2 fully saturated rings. The van der Waals surface area contributed by atoms with Crippen LogP contribution in [0.3, 0.4) is 0 Å². The number of piperidine rings is 1. The molecule has 2 aromatic carbocycles. The molecule has 1 N–H and O–H groups in total. The van der Waals surface area contributed by atoms with Gasteiger partial charge in [0.15, 0.2) is 0 Å². The minimum Gasteiger partial charge on any atom is -0.490 e. The Bertz CT molecular complexity index is 906. The maximum atomic E-state index is 15.3. The van der Waals surface area contributed by atoms with Crippen molar-refractivity contribution in [2.24, 2.45) is 11.8 Å². The highest BCUT2D eigenvalue weighted by Gasteiger charge is 2.26. The molecule has 1 saturated carbocycles. The van der Waals surface area contributed by atoms with Gasteiger partial charge in [0.25, 0.3) is 0 Å². The number of carbonyl (C=O) groups is 1. The molecule has 0 bridgehead atoms. The number of ether oxygens (including phenoxy) is 1. The van der Waals surface area contributed by atoms with Gasteiger partial charge in [-0.25, -0.2) is 4.39 Å². The minimum atomic E-state index is -0.760. The monoisotopic (exact) mass is 439 g/mol. The summed E-state index contributed by atoms with van der Waals surface area (Å²) in [5.41, 5.74) is 2.01. The van der Waals surface area contributed by atoms with Crippen molar-refractivity contribution in [3.05, 3.63) is 53.8 Å². The van der Waals surface area contributed by atoms with Gasteiger partial charge < -0.3 is 9.84 Å². The molecule has 1 unspecified atom stereocenters. The zero-order valence-corrected chi connectivity index (χ0v) is 18.9. The summed E-state index contributed by atoms with van der Waals surface area (Å²) in [4.78, 5) is 13.4. The molecule has 1 saturated heterocycles. The largest absolute Gasteiger partial charge is 0.490 e. The summed E-state index contributed by atoms with van der Waals surface area (Å²) >= 11 is 0. The molecule has 4 nitrogen and oxygen atoms in total. The summed E-state index contributed by atoms with van der Waals surface area (Å²) in [7, 11) is 0. The van der Waals surface area contributed by atoms with Crippen LogP contribution in [-0.4, -0.2) is 35.2 Å². The smallest absolute Gasteiger partial charge is 0.307 e. The summed E-state index contributed by atoms with van der Waals surface area (Å²) in [6, 6.07) is 13.2. The van der Waals surface area contributed by atoms with Crippen molar-refractivity contribution in [2.75, 3.05) is 13.1 Å². The molecule has 2 aliphatic rings. The van der Waals surface area contributed by atoms with E-state index in [-0.39, 0.29) is 17.8 Å². The van der Waals surface area contributed by atoms with Gasteiger partial charge in [0.05, 0.1) is 12.0 Å². The first-order valence-electron chi connectivity index (χ1n) is 12.0. The molecule has 0 aromatic heterocycles. The third kappa shape index (κ3) is 5.50. The van der Waals surface area contributed by atoms with Crippen LogP contribution in [0.15, 0.2) is 42.5 Å². The Morgan fingerprint density at radius 1 is 1.09 bits per heavy atom. The SMILES string of the molecule is CCC1CCC(Oc2ccc(-c3cccc(CN4CCCC(C(=O)O)C4)c3F)cc2)CC1. The lowest BCUT2D eigenvalue weighted by molar-refractivity contribution is -0.143. The van der Waals surface area contributed by atoms with E-state index in [9.17, 15) is 9.90 Å². The van der Waals surface area contributed by atoms with Crippen molar-refractivity contribution in [1.82, 2.24) is 4.90 Å². The van der Waals surface area contributed by atoms with Gasteiger partial charge in [0, 0.05) is 24.2 Å². The fourth-order valence-electron chi connectivity index (χ4n) is 5.13. The number of carboxylic acids is 1. The number of rotatable bonds is 7. The van der Waals surface area contributed by atoms with Crippen molar-refractivity contribution < 1.29 is 19.0 Å². The topological polar surface area (TPSA) is 49.8 Å². The second kappa shape index (κ2) is 10.5. The highest BCUT2D eigenvalue weighted by Crippen LogP contribution is 2.31. The van der Waals surface area contributed by atoms with E-state index < -0.39 is 5.97 Å². The Balaban J connectivity index is 1.41. The lowest BCUT2D eigenvalue weighted by Gasteiger charge is -2.30. The Morgan fingerprint density at radius 3 is 2.53 bits per heavy atom. The van der Waals surface area contributed by atoms with Crippen LogP contribution in [0.2, 0.25) is 0 Å². The molecule has 4 rings (SSSR count). The molecule has 2 aromatic rings. The van der Waals surface area contributed by atoms with Crippen LogP contribution < -0.4 is 4.74 Å². The van der Waals surface area contributed by atoms with E-state index >= 15 is 4.39 Å². The fraction of sp³-hybridized carbons (Fsp3) is 0.519. The maximum Gasteiger partial charge on any atom is 0.307 e. The molecule has 0 radical (unpaired) electrons. The lowest BCUT2D eigenvalue weighted by atomic mass is 9.86. The molecular formula is C27H34FNO3. The molecule has 172 valence electrons. The number of likely N-dealkylation sites (tertiary alicyclic amines) is 1. The molecule has 5 heteroatoms. The van der Waals surface area contributed by atoms with E-state index in [0.29, 0.717) is 30.6 Å². The molecule has 1 aliphatic heterocycles. The Labute approximate surface area is 190 Å². The molecule has 1 aliphatic carbocycles. The van der Waals surface area contributed by atoms with Crippen molar-refractivity contribution in [3.8, 4) is 16.9 Å². The van der Waals surface area contributed by atoms with E-state index in [1.54, 1.807) is 12.1 Å². The number of hydrogen-bond acceptors (Lipinski definition) is 3. The van der Waals surface area contributed by atoms with Crippen LogP contribution in [0.4, 0.5) is 4.39 Å². The van der Waals surface area contributed by atoms with Gasteiger partial charge in [-0.1, -0.05) is 43.7 Å². The molecule has 1 heterocycles. The highest BCUT2D eigenvalue weighted by molar-refractivity contribution is 5.70. The van der Waals surface area contributed by atoms with E-state index in [2.05, 4.69) is 11.8 Å². The average Bonchev–Trinajstić information content (AvgIpc) is 2.82. The van der Waals surface area contributed by atoms with E-state index in [1.807, 2.05) is 30.3 Å². The van der Waals surface area contributed by atoms with E-state index in [0.717, 1.165) is 43.0 Å². The van der Waals surface area contributed by atoms with Crippen molar-refractivity contribution in [1.29, 1.82) is 0 Å². The number of aliphatic carboxylic acids is 1. The van der Waals surface area contributed by atoms with Crippen LogP contribution in [0.1, 0.15) is 57.4 Å². The number of hydrogen-bond donors (Lipinski definition) is 1. The molecule has 0 spiro atoms. The molecule has 0 amide bonds. The number of benzene rings is 2. The van der Waals surface area contributed by atoms with Gasteiger partial charge in [0.1, 0.15) is 11.6 Å². The number of halogens is 1. The van der Waals surface area contributed by atoms with Crippen molar-refractivity contribution in [2.45, 2.75) is 64.5 Å². The van der Waals surface area contributed by atoms with Gasteiger partial charge >= 0.3 is 5.97 Å². The van der Waals surface area contributed by atoms with Crippen molar-refractivity contribution in [3.63, 3.8) is 0 Å². The van der Waals surface area contributed by atoms with Gasteiger partial charge in [-0.2, -0.15) is 0 Å². The highest BCUT2D eigenvalue weighted by atomic mass is 19.1. The Kier molecular flexibility index (Phi) is 7.46. The summed E-state index contributed by atoms with van der Waals surface area (Å²) in [6.45, 7) is 3.98. The zero-order chi connectivity index (χ0) is 22.5. The van der Waals surface area contributed by atoms with Gasteiger partial charge in [0.2, 0.25) is 0 Å². The molecule has 32 heavy (non-hydrogen) atoms. The van der Waals surface area contributed by atoms with Crippen LogP contribution >= 0.6 is 0 Å². The quantitative estimate of drug-likeness (QED) is 0.563. The van der Waals surface area contributed by atoms with Gasteiger partial charge in [-0.05, 0) is 68.7 Å². The normalized spacial score (nSPS) is 24.2. The Morgan fingerprint density at radius 2 is 1.84 bits per heavy atom. The fourth-order valence-corrected chi connectivity index (χ4v) is 5.13. The van der Waals surface area contributed by atoms with Crippen LogP contribution in [0.5, 0.6) is 5.75 Å². The number of carboxylic acid groups (broad SMARTS) is 1. The second-order valence-corrected chi connectivity index (χ2v) is 9.38. The van der Waals surface area contributed by atoms with Gasteiger partial charge in [-0.3, -0.25) is 9.69 Å². The summed E-state index contributed by atoms with van der Waals surface area (Å²) in [5, 5.41) is 9.31. The third-order valence-corrected chi connectivity index (χ3v) is 7.17. The van der Waals surface area contributed by atoms with E-state index in [4.69, 9.17) is 4.74 Å². The summed E-state index contributed by atoms with van der Waals surface area (Å²) in [6.07, 6.45) is 7.75. The predicted molar refractivity (Wildman–Crippen MR) is 124 cm³/mol. The number of nitrogens with zero attached hydrogens (tertiary/aromatic N) is 1. The predicted octanol–water partition coefficient (Wildman–Crippen LogP) is 6.14. The van der Waals surface area contributed by atoms with Crippen LogP contribution in [0.25, 0.3) is 11.1 Å². The van der Waals surface area contributed by atoms with Crippen LogP contribution in [-0.2, 0) is 11.3 Å². The zero-order valence-electron chi connectivity index (χ0n) is 18.9. The van der Waals surface area contributed by atoms with Crippen molar-refractivity contribution >= 4 is 5.97 Å². The second-order valence-electron chi connectivity index (χ2n) is 9.38. The maximum absolute atomic E-state index is 15.3. The Hall–Kier alpha value is -2.40. The first-order chi connectivity index (χ1) is 15.5. The van der Waals surface area contributed by atoms with E-state index in [1.165, 1.54) is 19.3 Å². The minimum absolute atomic E-state index is 0.225. The average molecular weight is 440 g/mol. The third-order valence-electron chi connectivity index (χ3n) is 7.17.